The monoisotopic (exact) mass is 462 g/mol. The van der Waals surface area contributed by atoms with Crippen molar-refractivity contribution in [2.24, 2.45) is 0 Å². The van der Waals surface area contributed by atoms with Crippen molar-refractivity contribution in [3.8, 4) is 0 Å². The van der Waals surface area contributed by atoms with E-state index in [4.69, 9.17) is 0 Å². The Balaban J connectivity index is 1.45. The van der Waals surface area contributed by atoms with Crippen LogP contribution in [0.25, 0.3) is 0 Å². The van der Waals surface area contributed by atoms with Gasteiger partial charge in [-0.1, -0.05) is 121 Å². The molecule has 1 unspecified atom stereocenters. The quantitative estimate of drug-likeness (QED) is 0.356. The number of carbonyl (C=O) groups is 2. The van der Waals surface area contributed by atoms with Crippen molar-refractivity contribution in [1.82, 2.24) is 10.6 Å². The fourth-order valence-electron chi connectivity index (χ4n) is 4.31. The first kappa shape index (κ1) is 24.0. The molecule has 0 fully saturated rings. The van der Waals surface area contributed by atoms with Crippen LogP contribution >= 0.6 is 0 Å². The smallest absolute Gasteiger partial charge is 0.232 e. The van der Waals surface area contributed by atoms with Crippen molar-refractivity contribution in [1.29, 1.82) is 0 Å². The number of nitrogens with one attached hydrogen (secondary N) is 2. The molecule has 0 spiro atoms. The summed E-state index contributed by atoms with van der Waals surface area (Å²) in [6.45, 7) is 2.24. The van der Waals surface area contributed by atoms with Crippen molar-refractivity contribution >= 4 is 11.8 Å². The van der Waals surface area contributed by atoms with E-state index < -0.39 is 11.8 Å². The van der Waals surface area contributed by atoms with Crippen molar-refractivity contribution in [2.75, 3.05) is 6.54 Å². The number of benzene rings is 4. The lowest BCUT2D eigenvalue weighted by molar-refractivity contribution is -0.124. The van der Waals surface area contributed by atoms with Crippen LogP contribution in [0.3, 0.4) is 0 Å². The van der Waals surface area contributed by atoms with Crippen LogP contribution in [0, 0.1) is 0 Å². The largest absolute Gasteiger partial charge is 0.353 e. The molecular weight excluding hydrogens is 432 g/mol. The van der Waals surface area contributed by atoms with Crippen LogP contribution in [0.2, 0.25) is 0 Å². The molecule has 35 heavy (non-hydrogen) atoms. The lowest BCUT2D eigenvalue weighted by atomic mass is 9.90. The summed E-state index contributed by atoms with van der Waals surface area (Å²) in [6.07, 6.45) is 0. The van der Waals surface area contributed by atoms with Gasteiger partial charge in [-0.2, -0.15) is 0 Å². The molecule has 2 N–H and O–H groups in total. The Morgan fingerprint density at radius 1 is 0.543 bits per heavy atom. The molecule has 4 heteroatoms. The lowest BCUT2D eigenvalue weighted by Crippen LogP contribution is -2.44. The number of rotatable bonds is 9. The van der Waals surface area contributed by atoms with Gasteiger partial charge in [0.15, 0.2) is 0 Å². The van der Waals surface area contributed by atoms with E-state index in [1.165, 1.54) is 0 Å². The number of amides is 2. The van der Waals surface area contributed by atoms with Crippen LogP contribution in [0.15, 0.2) is 121 Å². The highest BCUT2D eigenvalue weighted by Crippen LogP contribution is 2.26. The Hall–Kier alpha value is -4.18. The normalized spacial score (nSPS) is 11.7. The Morgan fingerprint density at radius 3 is 1.20 bits per heavy atom. The van der Waals surface area contributed by atoms with Crippen LogP contribution < -0.4 is 10.6 Å². The third-order valence-electron chi connectivity index (χ3n) is 6.03. The molecule has 0 heterocycles. The average Bonchev–Trinajstić information content (AvgIpc) is 2.90. The standard InChI is InChI=1S/C31H30N2O2/c1-23(33-31(35)29(26-18-10-4-11-19-26)27-20-12-5-13-21-27)22-32-30(34)28(24-14-6-2-7-15-24)25-16-8-3-9-17-25/h2-21,23,28-29H,22H2,1H3,(H,32,34)(H,33,35). The van der Waals surface area contributed by atoms with E-state index in [1.807, 2.05) is 128 Å². The summed E-state index contributed by atoms with van der Waals surface area (Å²) < 4.78 is 0. The SMILES string of the molecule is CC(CNC(=O)C(c1ccccc1)c1ccccc1)NC(=O)C(c1ccccc1)c1ccccc1. The molecule has 0 aliphatic rings. The Labute approximate surface area is 207 Å². The minimum absolute atomic E-state index is 0.0909. The molecular formula is C31H30N2O2. The number of carbonyl (C=O) groups excluding carboxylic acids is 2. The zero-order chi connectivity index (χ0) is 24.5. The maximum atomic E-state index is 13.4. The molecule has 0 aromatic heterocycles. The van der Waals surface area contributed by atoms with E-state index in [-0.39, 0.29) is 17.9 Å². The molecule has 0 aliphatic carbocycles. The first-order valence-corrected chi connectivity index (χ1v) is 11.9. The maximum absolute atomic E-state index is 13.4. The molecule has 4 aromatic carbocycles. The van der Waals surface area contributed by atoms with Crippen LogP contribution in [0.5, 0.6) is 0 Å². The van der Waals surface area contributed by atoms with Gasteiger partial charge in [-0.15, -0.1) is 0 Å². The number of hydrogen-bond acceptors (Lipinski definition) is 2. The summed E-state index contributed by atoms with van der Waals surface area (Å²) in [6, 6.07) is 38.8. The highest BCUT2D eigenvalue weighted by Gasteiger charge is 2.25. The van der Waals surface area contributed by atoms with Gasteiger partial charge in [-0.3, -0.25) is 9.59 Å². The van der Waals surface area contributed by atoms with Gasteiger partial charge in [0, 0.05) is 12.6 Å². The summed E-state index contributed by atoms with van der Waals surface area (Å²) in [7, 11) is 0. The van der Waals surface area contributed by atoms with E-state index in [0.29, 0.717) is 6.54 Å². The predicted molar refractivity (Wildman–Crippen MR) is 140 cm³/mol. The third-order valence-corrected chi connectivity index (χ3v) is 6.03. The van der Waals surface area contributed by atoms with Crippen molar-refractivity contribution in [3.63, 3.8) is 0 Å². The molecule has 0 bridgehead atoms. The molecule has 4 nitrogen and oxygen atoms in total. The Bertz CT molecular complexity index is 1130. The molecule has 0 radical (unpaired) electrons. The fourth-order valence-corrected chi connectivity index (χ4v) is 4.31. The predicted octanol–water partition coefficient (Wildman–Crippen LogP) is 5.27. The second-order valence-corrected chi connectivity index (χ2v) is 8.66. The molecule has 1 atom stereocenters. The zero-order valence-electron chi connectivity index (χ0n) is 19.8. The highest BCUT2D eigenvalue weighted by molar-refractivity contribution is 5.88. The fraction of sp³-hybridized carbons (Fsp3) is 0.161. The second kappa shape index (κ2) is 11.8. The summed E-state index contributed by atoms with van der Waals surface area (Å²) in [5.41, 5.74) is 3.73. The summed E-state index contributed by atoms with van der Waals surface area (Å²) in [5.74, 6) is -1.02. The third kappa shape index (κ3) is 6.24. The van der Waals surface area contributed by atoms with Crippen LogP contribution in [-0.2, 0) is 9.59 Å². The average molecular weight is 463 g/mol. The molecule has 0 aliphatic heterocycles. The first-order chi connectivity index (χ1) is 17.1. The van der Waals surface area contributed by atoms with Gasteiger partial charge in [0.05, 0.1) is 11.8 Å². The van der Waals surface area contributed by atoms with Crippen molar-refractivity contribution in [3.05, 3.63) is 144 Å². The second-order valence-electron chi connectivity index (χ2n) is 8.66. The first-order valence-electron chi connectivity index (χ1n) is 11.9. The van der Waals surface area contributed by atoms with E-state index in [9.17, 15) is 9.59 Å². The summed E-state index contributed by atoms with van der Waals surface area (Å²) in [5, 5.41) is 6.15. The number of hydrogen-bond donors (Lipinski definition) is 2. The molecule has 4 aromatic rings. The molecule has 2 amide bonds. The van der Waals surface area contributed by atoms with E-state index >= 15 is 0 Å². The molecule has 0 saturated carbocycles. The lowest BCUT2D eigenvalue weighted by Gasteiger charge is -2.23. The van der Waals surface area contributed by atoms with Gasteiger partial charge in [-0.25, -0.2) is 0 Å². The molecule has 176 valence electrons. The van der Waals surface area contributed by atoms with E-state index in [0.717, 1.165) is 22.3 Å². The molecule has 0 saturated heterocycles. The van der Waals surface area contributed by atoms with Gasteiger partial charge in [0.1, 0.15) is 0 Å². The van der Waals surface area contributed by atoms with Gasteiger partial charge < -0.3 is 10.6 Å². The van der Waals surface area contributed by atoms with Gasteiger partial charge in [0.2, 0.25) is 11.8 Å². The highest BCUT2D eigenvalue weighted by atomic mass is 16.2. The van der Waals surface area contributed by atoms with E-state index in [1.54, 1.807) is 0 Å². The van der Waals surface area contributed by atoms with Crippen molar-refractivity contribution in [2.45, 2.75) is 24.8 Å². The molecule has 4 rings (SSSR count). The summed E-state index contributed by atoms with van der Waals surface area (Å²) in [4.78, 5) is 26.6. The van der Waals surface area contributed by atoms with Crippen molar-refractivity contribution < 1.29 is 9.59 Å². The van der Waals surface area contributed by atoms with Crippen LogP contribution in [0.1, 0.15) is 41.0 Å². The minimum Gasteiger partial charge on any atom is -0.353 e. The van der Waals surface area contributed by atoms with Gasteiger partial charge in [0.25, 0.3) is 0 Å². The topological polar surface area (TPSA) is 58.2 Å². The van der Waals surface area contributed by atoms with Gasteiger partial charge in [-0.05, 0) is 29.2 Å². The van der Waals surface area contributed by atoms with Crippen LogP contribution in [-0.4, -0.2) is 24.4 Å². The maximum Gasteiger partial charge on any atom is 0.232 e. The van der Waals surface area contributed by atoms with E-state index in [2.05, 4.69) is 10.6 Å². The van der Waals surface area contributed by atoms with Gasteiger partial charge >= 0.3 is 0 Å². The summed E-state index contributed by atoms with van der Waals surface area (Å²) >= 11 is 0. The van der Waals surface area contributed by atoms with Crippen LogP contribution in [0.4, 0.5) is 0 Å². The Morgan fingerprint density at radius 2 is 0.857 bits per heavy atom. The zero-order valence-corrected chi connectivity index (χ0v) is 19.8. The Kier molecular flexibility index (Phi) is 8.08. The minimum atomic E-state index is -0.420.